The van der Waals surface area contributed by atoms with E-state index in [1.54, 1.807) is 20.0 Å². The number of nitrogens with two attached hydrogens (primary N) is 1. The molecular formula is C16H20N4O2. The van der Waals surface area contributed by atoms with Crippen molar-refractivity contribution in [2.75, 3.05) is 0 Å². The van der Waals surface area contributed by atoms with Gasteiger partial charge in [-0.2, -0.15) is 0 Å². The number of fused-ring (bicyclic) bond motifs is 1. The highest BCUT2D eigenvalue weighted by molar-refractivity contribution is 5.92. The van der Waals surface area contributed by atoms with E-state index in [1.165, 1.54) is 6.92 Å². The van der Waals surface area contributed by atoms with Gasteiger partial charge in [0.15, 0.2) is 5.84 Å². The fraction of sp³-hybridized carbons (Fsp3) is 0.312. The number of rotatable bonds is 5. The zero-order chi connectivity index (χ0) is 16.2. The van der Waals surface area contributed by atoms with Gasteiger partial charge in [0.2, 0.25) is 5.91 Å². The molecule has 0 radical (unpaired) electrons. The molecular weight excluding hydrogens is 280 g/mol. The number of pyridine rings is 1. The minimum atomic E-state index is -0.761. The van der Waals surface area contributed by atoms with Crippen LogP contribution in [0, 0.1) is 0 Å². The molecule has 0 atom stereocenters. The topological polar surface area (TPSA) is 89.6 Å². The highest BCUT2D eigenvalue weighted by Crippen LogP contribution is 2.16. The number of carbonyl (C=O) groups excluding carboxylic acids is 1. The number of nitrogens with one attached hydrogen (secondary N) is 1. The number of benzene rings is 1. The molecule has 0 aliphatic heterocycles. The van der Waals surface area contributed by atoms with Crippen molar-refractivity contribution in [3.8, 4) is 0 Å². The molecule has 0 fully saturated rings. The fourth-order valence-electron chi connectivity index (χ4n) is 2.07. The molecule has 0 bridgehead atoms. The van der Waals surface area contributed by atoms with Gasteiger partial charge in [-0.1, -0.05) is 29.4 Å². The fourth-order valence-corrected chi connectivity index (χ4v) is 2.07. The standard InChI is InChI=1S/C16H20N4O2/c1-11(21)19-16(2,3)15(17)20-22-10-13-7-4-6-12-8-5-9-18-14(12)13/h4-9H,10H2,1-3H3,(H2,17,20)(H,19,21). The van der Waals surface area contributed by atoms with Crippen LogP contribution in [0.5, 0.6) is 0 Å². The van der Waals surface area contributed by atoms with E-state index >= 15 is 0 Å². The van der Waals surface area contributed by atoms with Crippen LogP contribution in [0.15, 0.2) is 41.7 Å². The average molecular weight is 300 g/mol. The van der Waals surface area contributed by atoms with E-state index in [0.717, 1.165) is 16.5 Å². The van der Waals surface area contributed by atoms with E-state index in [0.29, 0.717) is 0 Å². The molecule has 0 unspecified atom stereocenters. The number of carbonyl (C=O) groups is 1. The van der Waals surface area contributed by atoms with Gasteiger partial charge < -0.3 is 15.9 Å². The Labute approximate surface area is 129 Å². The highest BCUT2D eigenvalue weighted by atomic mass is 16.6. The summed E-state index contributed by atoms with van der Waals surface area (Å²) >= 11 is 0. The summed E-state index contributed by atoms with van der Waals surface area (Å²) in [6.07, 6.45) is 1.74. The van der Waals surface area contributed by atoms with E-state index in [1.807, 2.05) is 30.3 Å². The number of hydrogen-bond acceptors (Lipinski definition) is 4. The molecule has 2 aromatic rings. The largest absolute Gasteiger partial charge is 0.389 e. The minimum absolute atomic E-state index is 0.179. The van der Waals surface area contributed by atoms with Crippen molar-refractivity contribution in [1.82, 2.24) is 10.3 Å². The monoisotopic (exact) mass is 300 g/mol. The first-order valence-corrected chi connectivity index (χ1v) is 6.97. The van der Waals surface area contributed by atoms with Gasteiger partial charge >= 0.3 is 0 Å². The summed E-state index contributed by atoms with van der Waals surface area (Å²) in [6, 6.07) is 9.74. The van der Waals surface area contributed by atoms with E-state index in [4.69, 9.17) is 10.6 Å². The van der Waals surface area contributed by atoms with Crippen LogP contribution in [0.2, 0.25) is 0 Å². The summed E-state index contributed by atoms with van der Waals surface area (Å²) in [7, 11) is 0. The molecule has 6 nitrogen and oxygen atoms in total. The lowest BCUT2D eigenvalue weighted by Crippen LogP contribution is -2.52. The van der Waals surface area contributed by atoms with Crippen LogP contribution in [0.3, 0.4) is 0 Å². The van der Waals surface area contributed by atoms with Crippen LogP contribution in [-0.2, 0) is 16.2 Å². The average Bonchev–Trinajstić information content (AvgIpc) is 2.46. The predicted octanol–water partition coefficient (Wildman–Crippen LogP) is 1.94. The second kappa shape index (κ2) is 6.43. The van der Waals surface area contributed by atoms with Crippen LogP contribution in [0.25, 0.3) is 10.9 Å². The summed E-state index contributed by atoms with van der Waals surface area (Å²) < 4.78 is 0. The Morgan fingerprint density at radius 2 is 2.09 bits per heavy atom. The maximum atomic E-state index is 11.1. The maximum Gasteiger partial charge on any atom is 0.217 e. The van der Waals surface area contributed by atoms with Gasteiger partial charge in [-0.25, -0.2) is 0 Å². The Hall–Kier alpha value is -2.63. The molecule has 1 amide bonds. The van der Waals surface area contributed by atoms with Crippen LogP contribution >= 0.6 is 0 Å². The molecule has 1 aromatic carbocycles. The Balaban J connectivity index is 2.09. The first-order valence-electron chi connectivity index (χ1n) is 6.97. The van der Waals surface area contributed by atoms with E-state index in [9.17, 15) is 4.79 Å². The van der Waals surface area contributed by atoms with Crippen molar-refractivity contribution < 1.29 is 9.63 Å². The van der Waals surface area contributed by atoms with Gasteiger partial charge in [0.25, 0.3) is 0 Å². The molecule has 0 saturated heterocycles. The number of amidine groups is 1. The zero-order valence-electron chi connectivity index (χ0n) is 13.0. The van der Waals surface area contributed by atoms with Crippen molar-refractivity contribution in [3.63, 3.8) is 0 Å². The first kappa shape index (κ1) is 15.8. The van der Waals surface area contributed by atoms with Gasteiger partial charge in [0.05, 0.1) is 11.1 Å². The summed E-state index contributed by atoms with van der Waals surface area (Å²) in [5.41, 5.74) is 6.91. The molecule has 6 heteroatoms. The second-order valence-corrected chi connectivity index (χ2v) is 5.55. The molecule has 22 heavy (non-hydrogen) atoms. The molecule has 3 N–H and O–H groups in total. The minimum Gasteiger partial charge on any atom is -0.389 e. The van der Waals surface area contributed by atoms with Crippen LogP contribution in [0.4, 0.5) is 0 Å². The predicted molar refractivity (Wildman–Crippen MR) is 86.1 cm³/mol. The molecule has 0 aliphatic rings. The van der Waals surface area contributed by atoms with Crippen molar-refractivity contribution >= 4 is 22.6 Å². The molecule has 0 aliphatic carbocycles. The van der Waals surface area contributed by atoms with Gasteiger partial charge in [0.1, 0.15) is 6.61 Å². The summed E-state index contributed by atoms with van der Waals surface area (Å²) in [6.45, 7) is 5.20. The lowest BCUT2D eigenvalue weighted by atomic mass is 10.0. The first-order chi connectivity index (χ1) is 10.4. The van der Waals surface area contributed by atoms with Crippen LogP contribution in [-0.4, -0.2) is 22.3 Å². The zero-order valence-corrected chi connectivity index (χ0v) is 13.0. The molecule has 1 aromatic heterocycles. The highest BCUT2D eigenvalue weighted by Gasteiger charge is 2.24. The second-order valence-electron chi connectivity index (χ2n) is 5.55. The summed E-state index contributed by atoms with van der Waals surface area (Å²) in [5.74, 6) is 0.0253. The van der Waals surface area contributed by atoms with Crippen molar-refractivity contribution in [1.29, 1.82) is 0 Å². The Morgan fingerprint density at radius 3 is 2.82 bits per heavy atom. The third-order valence-corrected chi connectivity index (χ3v) is 3.23. The Kier molecular flexibility index (Phi) is 4.60. The normalized spacial score (nSPS) is 12.2. The lowest BCUT2D eigenvalue weighted by Gasteiger charge is -2.24. The lowest BCUT2D eigenvalue weighted by molar-refractivity contribution is -0.119. The summed E-state index contributed by atoms with van der Waals surface area (Å²) in [5, 5.41) is 7.65. The molecule has 2 rings (SSSR count). The molecule has 1 heterocycles. The summed E-state index contributed by atoms with van der Waals surface area (Å²) in [4.78, 5) is 20.8. The SMILES string of the molecule is CC(=O)NC(C)(C)/C(N)=N/OCc1cccc2cccnc12. The number of hydrogen-bond donors (Lipinski definition) is 2. The molecule has 116 valence electrons. The molecule has 0 spiro atoms. The van der Waals surface area contributed by atoms with Crippen molar-refractivity contribution in [2.45, 2.75) is 32.9 Å². The van der Waals surface area contributed by atoms with Crippen molar-refractivity contribution in [2.24, 2.45) is 10.9 Å². The Morgan fingerprint density at radius 1 is 1.36 bits per heavy atom. The quantitative estimate of drug-likeness (QED) is 0.501. The van der Waals surface area contributed by atoms with Crippen molar-refractivity contribution in [3.05, 3.63) is 42.1 Å². The number of amides is 1. The van der Waals surface area contributed by atoms with Crippen LogP contribution in [0.1, 0.15) is 26.3 Å². The van der Waals surface area contributed by atoms with E-state index < -0.39 is 5.54 Å². The smallest absolute Gasteiger partial charge is 0.217 e. The van der Waals surface area contributed by atoms with Gasteiger partial charge in [-0.15, -0.1) is 0 Å². The third kappa shape index (κ3) is 3.72. The third-order valence-electron chi connectivity index (χ3n) is 3.23. The number of para-hydroxylation sites is 1. The van der Waals surface area contributed by atoms with E-state index in [-0.39, 0.29) is 18.3 Å². The van der Waals surface area contributed by atoms with Gasteiger partial charge in [-0.05, 0) is 19.9 Å². The number of nitrogens with zero attached hydrogens (tertiary/aromatic N) is 2. The maximum absolute atomic E-state index is 11.1. The van der Waals surface area contributed by atoms with E-state index in [2.05, 4.69) is 15.5 Å². The Bertz CT molecular complexity index is 705. The number of oxime groups is 1. The number of aromatic nitrogens is 1. The van der Waals surface area contributed by atoms with Crippen LogP contribution < -0.4 is 11.1 Å². The van der Waals surface area contributed by atoms with Gasteiger partial charge in [0, 0.05) is 24.1 Å². The van der Waals surface area contributed by atoms with Gasteiger partial charge in [-0.3, -0.25) is 9.78 Å². The molecule has 0 saturated carbocycles.